The molecule has 4 nitrogen and oxygen atoms in total. The predicted octanol–water partition coefficient (Wildman–Crippen LogP) is 3.85. The third kappa shape index (κ3) is 4.67. The van der Waals surface area contributed by atoms with Crippen molar-refractivity contribution in [2.24, 2.45) is 11.8 Å². The van der Waals surface area contributed by atoms with Crippen LogP contribution in [0, 0.1) is 11.8 Å². The van der Waals surface area contributed by atoms with Gasteiger partial charge in [0.2, 0.25) is 0 Å². The highest BCUT2D eigenvalue weighted by molar-refractivity contribution is 7.99. The minimum atomic E-state index is -0.699. The van der Waals surface area contributed by atoms with E-state index in [1.54, 1.807) is 0 Å². The fourth-order valence-corrected chi connectivity index (χ4v) is 4.85. The zero-order valence-electron chi connectivity index (χ0n) is 13.9. The van der Waals surface area contributed by atoms with Gasteiger partial charge in [-0.15, -0.1) is 0 Å². The van der Waals surface area contributed by atoms with E-state index in [2.05, 4.69) is 0 Å². The van der Waals surface area contributed by atoms with Crippen molar-refractivity contribution in [2.45, 2.75) is 44.3 Å². The highest BCUT2D eigenvalue weighted by Crippen LogP contribution is 2.45. The van der Waals surface area contributed by atoms with Crippen LogP contribution >= 0.6 is 11.8 Å². The highest BCUT2D eigenvalue weighted by Gasteiger charge is 2.48. The molecule has 2 aliphatic rings. The lowest BCUT2D eigenvalue weighted by Crippen LogP contribution is -2.32. The Morgan fingerprint density at radius 2 is 1.92 bits per heavy atom. The predicted molar refractivity (Wildman–Crippen MR) is 95.6 cm³/mol. The zero-order chi connectivity index (χ0) is 16.8. The fourth-order valence-electron chi connectivity index (χ4n) is 3.86. The molecule has 3 rings (SSSR count). The summed E-state index contributed by atoms with van der Waals surface area (Å²) in [6.45, 7) is 0.736. The van der Waals surface area contributed by atoms with Crippen molar-refractivity contribution in [3.63, 3.8) is 0 Å². The van der Waals surface area contributed by atoms with Crippen molar-refractivity contribution in [2.75, 3.05) is 18.1 Å². The third-order valence-electron chi connectivity index (χ3n) is 5.05. The minimum absolute atomic E-state index is 0.276. The van der Waals surface area contributed by atoms with Crippen LogP contribution in [0.2, 0.25) is 0 Å². The van der Waals surface area contributed by atoms with Crippen LogP contribution < -0.4 is 4.74 Å². The molecule has 0 aromatic heterocycles. The molecule has 4 atom stereocenters. The summed E-state index contributed by atoms with van der Waals surface area (Å²) >= 11 is 1.87. The van der Waals surface area contributed by atoms with Gasteiger partial charge in [-0.25, -0.2) is 0 Å². The maximum atomic E-state index is 10.5. The summed E-state index contributed by atoms with van der Waals surface area (Å²) < 4.78 is 12.1. The zero-order valence-corrected chi connectivity index (χ0v) is 14.7. The second kappa shape index (κ2) is 8.77. The SMILES string of the molecule is O=C(O)CCCSCCC1C2CCC(O2)C1COc1ccccc1. The Kier molecular flexibility index (Phi) is 6.44. The van der Waals surface area contributed by atoms with E-state index in [9.17, 15) is 4.79 Å². The summed E-state index contributed by atoms with van der Waals surface area (Å²) in [5.74, 6) is 3.32. The molecule has 2 saturated heterocycles. The molecule has 1 aromatic rings. The van der Waals surface area contributed by atoms with Crippen LogP contribution in [0.4, 0.5) is 0 Å². The quantitative estimate of drug-likeness (QED) is 0.650. The summed E-state index contributed by atoms with van der Waals surface area (Å²) in [7, 11) is 0. The van der Waals surface area contributed by atoms with Crippen molar-refractivity contribution in [3.05, 3.63) is 30.3 Å². The first-order valence-corrected chi connectivity index (χ1v) is 10.0. The molecular weight excluding hydrogens is 324 g/mol. The first kappa shape index (κ1) is 17.6. The van der Waals surface area contributed by atoms with Gasteiger partial charge in [0.1, 0.15) is 5.75 Å². The van der Waals surface area contributed by atoms with Crippen molar-refractivity contribution >= 4 is 17.7 Å². The number of hydrogen-bond acceptors (Lipinski definition) is 4. The van der Waals surface area contributed by atoms with E-state index in [0.717, 1.165) is 43.1 Å². The number of carboxylic acids is 1. The smallest absolute Gasteiger partial charge is 0.303 e. The van der Waals surface area contributed by atoms with E-state index in [1.165, 1.54) is 6.42 Å². The molecule has 2 fully saturated rings. The minimum Gasteiger partial charge on any atom is -0.493 e. The summed E-state index contributed by atoms with van der Waals surface area (Å²) in [6, 6.07) is 10.00. The van der Waals surface area contributed by atoms with Crippen LogP contribution in [0.1, 0.15) is 32.1 Å². The molecule has 132 valence electrons. The molecule has 0 radical (unpaired) electrons. The summed E-state index contributed by atoms with van der Waals surface area (Å²) in [5, 5.41) is 8.66. The molecule has 0 aliphatic carbocycles. The molecule has 0 spiro atoms. The van der Waals surface area contributed by atoms with Crippen molar-refractivity contribution in [1.82, 2.24) is 0 Å². The Balaban J connectivity index is 1.42. The number of aliphatic carboxylic acids is 1. The number of carboxylic acid groups (broad SMARTS) is 1. The molecule has 0 saturated carbocycles. The molecule has 2 heterocycles. The molecule has 5 heteroatoms. The van der Waals surface area contributed by atoms with E-state index < -0.39 is 5.97 Å². The molecule has 1 aromatic carbocycles. The Labute approximate surface area is 147 Å². The first-order valence-electron chi connectivity index (χ1n) is 8.87. The second-order valence-corrected chi connectivity index (χ2v) is 7.87. The van der Waals surface area contributed by atoms with Gasteiger partial charge in [-0.05, 0) is 55.2 Å². The van der Waals surface area contributed by atoms with Gasteiger partial charge >= 0.3 is 5.97 Å². The van der Waals surface area contributed by atoms with Crippen LogP contribution in [0.25, 0.3) is 0 Å². The monoisotopic (exact) mass is 350 g/mol. The standard InChI is InChI=1S/C19H26O4S/c20-19(21)7-4-11-24-12-10-15-16(18-9-8-17(15)23-18)13-22-14-5-2-1-3-6-14/h1-3,5-6,15-18H,4,7-13H2,(H,20,21). The fraction of sp³-hybridized carbons (Fsp3) is 0.632. The van der Waals surface area contributed by atoms with E-state index in [0.29, 0.717) is 24.0 Å². The van der Waals surface area contributed by atoms with E-state index in [4.69, 9.17) is 14.6 Å². The lowest BCUT2D eigenvalue weighted by atomic mass is 9.78. The molecule has 2 aliphatic heterocycles. The average Bonchev–Trinajstić information content (AvgIpc) is 3.18. The summed E-state index contributed by atoms with van der Waals surface area (Å²) in [4.78, 5) is 10.5. The number of hydrogen-bond donors (Lipinski definition) is 1. The number of benzene rings is 1. The Hall–Kier alpha value is -1.20. The first-order chi connectivity index (χ1) is 11.7. The Bertz CT molecular complexity index is 521. The van der Waals surface area contributed by atoms with Gasteiger partial charge in [0.25, 0.3) is 0 Å². The van der Waals surface area contributed by atoms with Crippen LogP contribution in [-0.2, 0) is 9.53 Å². The topological polar surface area (TPSA) is 55.8 Å². The second-order valence-electron chi connectivity index (χ2n) is 6.64. The number of para-hydroxylation sites is 1. The average molecular weight is 350 g/mol. The summed E-state index contributed by atoms with van der Waals surface area (Å²) in [6.07, 6.45) is 5.28. The van der Waals surface area contributed by atoms with E-state index >= 15 is 0 Å². The van der Waals surface area contributed by atoms with Gasteiger partial charge in [0, 0.05) is 12.3 Å². The molecule has 0 amide bonds. The van der Waals surface area contributed by atoms with Gasteiger partial charge in [0.15, 0.2) is 0 Å². The van der Waals surface area contributed by atoms with Crippen molar-refractivity contribution in [3.8, 4) is 5.75 Å². The largest absolute Gasteiger partial charge is 0.493 e. The number of ether oxygens (including phenoxy) is 2. The van der Waals surface area contributed by atoms with Gasteiger partial charge in [-0.1, -0.05) is 18.2 Å². The van der Waals surface area contributed by atoms with Crippen LogP contribution in [-0.4, -0.2) is 41.4 Å². The maximum Gasteiger partial charge on any atom is 0.303 e. The van der Waals surface area contributed by atoms with Crippen LogP contribution in [0.15, 0.2) is 30.3 Å². The van der Waals surface area contributed by atoms with Gasteiger partial charge in [0.05, 0.1) is 18.8 Å². The normalized spacial score (nSPS) is 28.2. The number of rotatable bonds is 10. The highest BCUT2D eigenvalue weighted by atomic mass is 32.2. The number of carbonyl (C=O) groups is 1. The van der Waals surface area contributed by atoms with E-state index in [1.807, 2.05) is 42.1 Å². The Morgan fingerprint density at radius 1 is 1.17 bits per heavy atom. The van der Waals surface area contributed by atoms with Gasteiger partial charge in [-0.3, -0.25) is 4.79 Å². The molecule has 1 N–H and O–H groups in total. The molecule has 24 heavy (non-hydrogen) atoms. The molecule has 4 unspecified atom stereocenters. The number of fused-ring (bicyclic) bond motifs is 2. The molecular formula is C19H26O4S. The van der Waals surface area contributed by atoms with Gasteiger partial charge < -0.3 is 14.6 Å². The van der Waals surface area contributed by atoms with Crippen LogP contribution in [0.5, 0.6) is 5.75 Å². The maximum absolute atomic E-state index is 10.5. The van der Waals surface area contributed by atoms with Crippen molar-refractivity contribution < 1.29 is 19.4 Å². The lowest BCUT2D eigenvalue weighted by molar-refractivity contribution is -0.137. The molecule has 2 bridgehead atoms. The Morgan fingerprint density at radius 3 is 2.67 bits per heavy atom. The van der Waals surface area contributed by atoms with Gasteiger partial charge in [-0.2, -0.15) is 11.8 Å². The van der Waals surface area contributed by atoms with E-state index in [-0.39, 0.29) is 6.42 Å². The summed E-state index contributed by atoms with van der Waals surface area (Å²) in [5.41, 5.74) is 0. The van der Waals surface area contributed by atoms with Crippen LogP contribution in [0.3, 0.4) is 0 Å². The lowest BCUT2D eigenvalue weighted by Gasteiger charge is -2.28. The third-order valence-corrected chi connectivity index (χ3v) is 6.15. The number of thioether (sulfide) groups is 1. The van der Waals surface area contributed by atoms with Crippen molar-refractivity contribution in [1.29, 1.82) is 0 Å².